The fourth-order valence-corrected chi connectivity index (χ4v) is 8.72. The van der Waals surface area contributed by atoms with Crippen molar-refractivity contribution < 1.29 is 4.42 Å². The van der Waals surface area contributed by atoms with E-state index in [-0.39, 0.29) is 0 Å². The lowest BCUT2D eigenvalue weighted by Gasteiger charge is -2.08. The third-order valence-corrected chi connectivity index (χ3v) is 11.2. The van der Waals surface area contributed by atoms with E-state index in [1.807, 2.05) is 12.1 Å². The number of hydrogen-bond donors (Lipinski definition) is 0. The summed E-state index contributed by atoms with van der Waals surface area (Å²) in [7, 11) is 0. The van der Waals surface area contributed by atoms with Gasteiger partial charge in [-0.1, -0.05) is 109 Å². The van der Waals surface area contributed by atoms with Crippen molar-refractivity contribution in [2.24, 2.45) is 0 Å². The Hall–Kier alpha value is -6.90. The topological polar surface area (TPSA) is 17.6 Å². The molecule has 0 atom stereocenters. The Morgan fingerprint density at radius 3 is 1.40 bits per heavy atom. The van der Waals surface area contributed by atoms with Crippen LogP contribution in [0.25, 0.3) is 115 Å². The molecule has 0 amide bonds. The lowest BCUT2D eigenvalue weighted by atomic mass is 9.96. The Balaban J connectivity index is 1.17. The Labute approximate surface area is 298 Å². The third kappa shape index (κ3) is 3.95. The number of aromatic nitrogens is 1. The van der Waals surface area contributed by atoms with Gasteiger partial charge >= 0.3 is 0 Å². The van der Waals surface area contributed by atoms with Gasteiger partial charge in [-0.2, -0.15) is 0 Å². The molecule has 0 saturated heterocycles. The van der Waals surface area contributed by atoms with Crippen LogP contribution in [0.5, 0.6) is 0 Å². The molecule has 12 aromatic rings. The van der Waals surface area contributed by atoms with Gasteiger partial charge in [0.05, 0.1) is 16.6 Å². The van der Waals surface area contributed by atoms with Crippen LogP contribution >= 0.6 is 0 Å². The Morgan fingerprint density at radius 1 is 0.288 bits per heavy atom. The van der Waals surface area contributed by atoms with E-state index in [1.165, 1.54) is 93.0 Å². The zero-order chi connectivity index (χ0) is 33.9. The molecule has 2 nitrogen and oxygen atoms in total. The van der Waals surface area contributed by atoms with E-state index in [9.17, 15) is 0 Å². The Bertz CT molecular complexity index is 3220. The van der Waals surface area contributed by atoms with Crippen molar-refractivity contribution in [2.45, 2.75) is 0 Å². The predicted molar refractivity (Wildman–Crippen MR) is 220 cm³/mol. The molecule has 9 aromatic carbocycles. The van der Waals surface area contributed by atoms with Crippen LogP contribution in [0.1, 0.15) is 0 Å². The second-order valence-electron chi connectivity index (χ2n) is 14.2. The summed E-state index contributed by atoms with van der Waals surface area (Å²) >= 11 is 0. The van der Waals surface area contributed by atoms with Crippen LogP contribution in [-0.4, -0.2) is 4.40 Å². The van der Waals surface area contributed by atoms with Gasteiger partial charge in [0, 0.05) is 32.3 Å². The van der Waals surface area contributed by atoms with Crippen molar-refractivity contribution in [1.29, 1.82) is 0 Å². The number of benzene rings is 9. The SMILES string of the molecule is c1ccc(-c2ccc3cc4c5cc(-c6ccc7oc8ccccc8c7c6)cc6c7cc8ccc(-c9ccccc9)cc8cc7n(c4cc3c2)c56)cc1. The van der Waals surface area contributed by atoms with Crippen LogP contribution in [0.3, 0.4) is 0 Å². The van der Waals surface area contributed by atoms with Gasteiger partial charge in [-0.05, 0) is 122 Å². The molecule has 0 aliphatic heterocycles. The van der Waals surface area contributed by atoms with Gasteiger partial charge in [-0.3, -0.25) is 0 Å². The maximum absolute atomic E-state index is 6.21. The molecule has 12 rings (SSSR count). The van der Waals surface area contributed by atoms with Gasteiger partial charge in [0.15, 0.2) is 0 Å². The first-order chi connectivity index (χ1) is 25.7. The van der Waals surface area contributed by atoms with Crippen molar-refractivity contribution >= 4 is 81.6 Å². The molecule has 0 spiro atoms. The van der Waals surface area contributed by atoms with Crippen molar-refractivity contribution in [3.8, 4) is 33.4 Å². The minimum Gasteiger partial charge on any atom is -0.456 e. The maximum atomic E-state index is 6.21. The summed E-state index contributed by atoms with van der Waals surface area (Å²) in [6.07, 6.45) is 0. The smallest absolute Gasteiger partial charge is 0.135 e. The van der Waals surface area contributed by atoms with Gasteiger partial charge in [0.25, 0.3) is 0 Å². The molecule has 0 N–H and O–H groups in total. The number of para-hydroxylation sites is 1. The molecule has 0 bridgehead atoms. The lowest BCUT2D eigenvalue weighted by Crippen LogP contribution is -1.84. The van der Waals surface area contributed by atoms with E-state index < -0.39 is 0 Å². The van der Waals surface area contributed by atoms with Gasteiger partial charge in [0.2, 0.25) is 0 Å². The highest BCUT2D eigenvalue weighted by Crippen LogP contribution is 2.45. The summed E-state index contributed by atoms with van der Waals surface area (Å²) in [6.45, 7) is 0. The van der Waals surface area contributed by atoms with E-state index in [0.717, 1.165) is 21.9 Å². The molecule has 240 valence electrons. The second-order valence-corrected chi connectivity index (χ2v) is 14.2. The number of furan rings is 1. The van der Waals surface area contributed by atoms with Gasteiger partial charge < -0.3 is 8.82 Å². The molecular formula is C50H29NO. The number of nitrogens with zero attached hydrogens (tertiary/aromatic N) is 1. The Kier molecular flexibility index (Phi) is 5.53. The van der Waals surface area contributed by atoms with Crippen molar-refractivity contribution in [3.05, 3.63) is 176 Å². The van der Waals surface area contributed by atoms with E-state index in [2.05, 4.69) is 168 Å². The number of fused-ring (bicyclic) bond motifs is 11. The molecule has 2 heteroatoms. The highest BCUT2D eigenvalue weighted by molar-refractivity contribution is 6.27. The number of rotatable bonds is 3. The third-order valence-electron chi connectivity index (χ3n) is 11.2. The molecule has 0 fully saturated rings. The largest absolute Gasteiger partial charge is 0.456 e. The summed E-state index contributed by atoms with van der Waals surface area (Å²) in [5.74, 6) is 0. The van der Waals surface area contributed by atoms with Crippen molar-refractivity contribution in [1.82, 2.24) is 4.40 Å². The zero-order valence-electron chi connectivity index (χ0n) is 28.1. The maximum Gasteiger partial charge on any atom is 0.135 e. The molecule has 3 heterocycles. The minimum atomic E-state index is 0.917. The highest BCUT2D eigenvalue weighted by atomic mass is 16.3. The highest BCUT2D eigenvalue weighted by Gasteiger charge is 2.21. The number of hydrogen-bond acceptors (Lipinski definition) is 1. The summed E-state index contributed by atoms with van der Waals surface area (Å²) in [5.41, 5.74) is 12.9. The molecule has 3 aromatic heterocycles. The van der Waals surface area contributed by atoms with E-state index in [4.69, 9.17) is 4.42 Å². The first-order valence-corrected chi connectivity index (χ1v) is 17.9. The fraction of sp³-hybridized carbons (Fsp3) is 0. The van der Waals surface area contributed by atoms with Crippen LogP contribution in [0.2, 0.25) is 0 Å². The molecule has 0 aliphatic carbocycles. The first kappa shape index (κ1) is 27.9. The van der Waals surface area contributed by atoms with E-state index in [1.54, 1.807) is 0 Å². The van der Waals surface area contributed by atoms with E-state index >= 15 is 0 Å². The lowest BCUT2D eigenvalue weighted by molar-refractivity contribution is 0.669. The standard InChI is InChI=1S/C50H29NO/c1-3-9-30(10-4-1)32-15-17-34-23-41-44-26-39(36-19-20-49-43(25-36)40-13-7-8-14-48(40)52-49)27-45-42-24-35-18-16-33(31-11-5-2-6-12-31)22-38(35)29-47(42)51(50(44)45)46(41)28-37(34)21-32/h1-29H. The molecule has 0 saturated carbocycles. The normalized spacial score (nSPS) is 12.2. The van der Waals surface area contributed by atoms with Gasteiger partial charge in [-0.25, -0.2) is 0 Å². The predicted octanol–water partition coefficient (Wildman–Crippen LogP) is 14.0. The molecule has 0 radical (unpaired) electrons. The summed E-state index contributed by atoms with van der Waals surface area (Å²) in [4.78, 5) is 0. The van der Waals surface area contributed by atoms with Crippen LogP contribution in [-0.2, 0) is 0 Å². The molecular weight excluding hydrogens is 631 g/mol. The zero-order valence-corrected chi connectivity index (χ0v) is 28.1. The molecule has 52 heavy (non-hydrogen) atoms. The van der Waals surface area contributed by atoms with Crippen molar-refractivity contribution in [3.63, 3.8) is 0 Å². The average molecular weight is 660 g/mol. The Morgan fingerprint density at radius 2 is 0.788 bits per heavy atom. The average Bonchev–Trinajstić information content (AvgIpc) is 3.85. The van der Waals surface area contributed by atoms with Crippen LogP contribution in [0.4, 0.5) is 0 Å². The van der Waals surface area contributed by atoms with Crippen molar-refractivity contribution in [2.75, 3.05) is 0 Å². The van der Waals surface area contributed by atoms with E-state index in [0.29, 0.717) is 0 Å². The van der Waals surface area contributed by atoms with Gasteiger partial charge in [0.1, 0.15) is 11.2 Å². The monoisotopic (exact) mass is 659 g/mol. The van der Waals surface area contributed by atoms with Gasteiger partial charge in [-0.15, -0.1) is 0 Å². The first-order valence-electron chi connectivity index (χ1n) is 17.9. The summed E-state index contributed by atoms with van der Waals surface area (Å²) in [6, 6.07) is 64.5. The summed E-state index contributed by atoms with van der Waals surface area (Å²) in [5, 5.41) is 12.4. The fourth-order valence-electron chi connectivity index (χ4n) is 8.72. The van der Waals surface area contributed by atoms with Crippen LogP contribution in [0, 0.1) is 0 Å². The van der Waals surface area contributed by atoms with Crippen LogP contribution < -0.4 is 0 Å². The molecule has 0 aliphatic rings. The second kappa shape index (κ2) is 10.3. The molecule has 0 unspecified atom stereocenters. The quantitative estimate of drug-likeness (QED) is 0.185. The minimum absolute atomic E-state index is 0.917. The van der Waals surface area contributed by atoms with Crippen LogP contribution in [0.15, 0.2) is 180 Å². The summed E-state index contributed by atoms with van der Waals surface area (Å²) < 4.78 is 8.73.